The minimum atomic E-state index is -0.228. The van der Waals surface area contributed by atoms with Gasteiger partial charge in [0.2, 0.25) is 0 Å². The van der Waals surface area contributed by atoms with Crippen molar-refractivity contribution in [2.24, 2.45) is 5.73 Å². The van der Waals surface area contributed by atoms with Crippen molar-refractivity contribution >= 4 is 0 Å². The van der Waals surface area contributed by atoms with Crippen molar-refractivity contribution in [3.63, 3.8) is 0 Å². The van der Waals surface area contributed by atoms with E-state index in [4.69, 9.17) is 15.2 Å². The summed E-state index contributed by atoms with van der Waals surface area (Å²) in [7, 11) is 1.66. The monoisotopic (exact) mass is 175 g/mol. The second-order valence-electron chi connectivity index (χ2n) is 3.37. The molecule has 0 fully saturated rings. The van der Waals surface area contributed by atoms with Crippen LogP contribution in [0.4, 0.5) is 0 Å². The molecule has 0 aromatic heterocycles. The van der Waals surface area contributed by atoms with Crippen LogP contribution in [0.3, 0.4) is 0 Å². The molecular weight excluding hydrogens is 154 g/mol. The van der Waals surface area contributed by atoms with E-state index in [9.17, 15) is 0 Å². The zero-order chi connectivity index (χ0) is 9.61. The molecule has 74 valence electrons. The van der Waals surface area contributed by atoms with Gasteiger partial charge in [-0.15, -0.1) is 0 Å². The van der Waals surface area contributed by atoms with Gasteiger partial charge in [-0.2, -0.15) is 0 Å². The van der Waals surface area contributed by atoms with Gasteiger partial charge in [0.15, 0.2) is 0 Å². The van der Waals surface area contributed by atoms with Gasteiger partial charge in [-0.3, -0.25) is 0 Å². The van der Waals surface area contributed by atoms with E-state index < -0.39 is 0 Å². The number of rotatable bonds is 6. The Kier molecular flexibility index (Phi) is 5.46. The summed E-state index contributed by atoms with van der Waals surface area (Å²) in [6.45, 7) is 7.31. The first kappa shape index (κ1) is 11.9. The molecule has 3 nitrogen and oxygen atoms in total. The standard InChI is InChI=1S/C9H21NO2/c1-5-9(3,10)8(2)12-7-6-11-4/h8H,5-7,10H2,1-4H3. The number of hydrogen-bond acceptors (Lipinski definition) is 3. The molecule has 0 aliphatic rings. The highest BCUT2D eigenvalue weighted by molar-refractivity contribution is 4.83. The third kappa shape index (κ3) is 4.04. The Morgan fingerprint density at radius 3 is 2.42 bits per heavy atom. The zero-order valence-electron chi connectivity index (χ0n) is 8.59. The zero-order valence-corrected chi connectivity index (χ0v) is 8.59. The molecule has 2 unspecified atom stereocenters. The van der Waals surface area contributed by atoms with E-state index in [1.807, 2.05) is 13.8 Å². The van der Waals surface area contributed by atoms with E-state index >= 15 is 0 Å². The summed E-state index contributed by atoms with van der Waals surface area (Å²) in [6, 6.07) is 0. The van der Waals surface area contributed by atoms with Gasteiger partial charge in [0, 0.05) is 12.6 Å². The van der Waals surface area contributed by atoms with Crippen LogP contribution >= 0.6 is 0 Å². The lowest BCUT2D eigenvalue weighted by Gasteiger charge is -2.30. The van der Waals surface area contributed by atoms with E-state index in [-0.39, 0.29) is 11.6 Å². The molecule has 0 amide bonds. The summed E-state index contributed by atoms with van der Waals surface area (Å²) in [5, 5.41) is 0. The van der Waals surface area contributed by atoms with Gasteiger partial charge in [-0.05, 0) is 20.3 Å². The molecule has 0 radical (unpaired) electrons. The highest BCUT2D eigenvalue weighted by Gasteiger charge is 2.24. The van der Waals surface area contributed by atoms with Gasteiger partial charge < -0.3 is 15.2 Å². The van der Waals surface area contributed by atoms with Crippen molar-refractivity contribution in [3.05, 3.63) is 0 Å². The average molecular weight is 175 g/mol. The first-order valence-corrected chi connectivity index (χ1v) is 4.44. The van der Waals surface area contributed by atoms with Crippen LogP contribution in [0.15, 0.2) is 0 Å². The van der Waals surface area contributed by atoms with Crippen molar-refractivity contribution in [1.29, 1.82) is 0 Å². The summed E-state index contributed by atoms with van der Waals surface area (Å²) in [6.07, 6.45) is 0.999. The van der Waals surface area contributed by atoms with E-state index in [1.54, 1.807) is 7.11 Å². The lowest BCUT2D eigenvalue weighted by Crippen LogP contribution is -2.47. The van der Waals surface area contributed by atoms with Crippen molar-refractivity contribution in [2.75, 3.05) is 20.3 Å². The van der Waals surface area contributed by atoms with E-state index in [2.05, 4.69) is 6.92 Å². The molecule has 2 atom stereocenters. The Labute approximate surface area is 75.2 Å². The predicted octanol–water partition coefficient (Wildman–Crippen LogP) is 1.17. The molecule has 0 aromatic carbocycles. The molecule has 0 heterocycles. The molecule has 12 heavy (non-hydrogen) atoms. The maximum atomic E-state index is 5.98. The Morgan fingerprint density at radius 1 is 1.42 bits per heavy atom. The van der Waals surface area contributed by atoms with Crippen LogP contribution in [-0.2, 0) is 9.47 Å². The van der Waals surface area contributed by atoms with Crippen LogP contribution in [-0.4, -0.2) is 32.0 Å². The lowest BCUT2D eigenvalue weighted by molar-refractivity contribution is -0.00981. The molecule has 3 heteroatoms. The molecular formula is C9H21NO2. The minimum absolute atomic E-state index is 0.0812. The maximum Gasteiger partial charge on any atom is 0.0724 e. The fourth-order valence-electron chi connectivity index (χ4n) is 0.786. The lowest BCUT2D eigenvalue weighted by atomic mass is 9.94. The normalized spacial score (nSPS) is 18.8. The topological polar surface area (TPSA) is 44.5 Å². The molecule has 0 saturated carbocycles. The molecule has 0 bridgehead atoms. The summed E-state index contributed by atoms with van der Waals surface area (Å²) in [5.41, 5.74) is 5.75. The Morgan fingerprint density at radius 2 is 2.00 bits per heavy atom. The van der Waals surface area contributed by atoms with Crippen LogP contribution in [0.25, 0.3) is 0 Å². The predicted molar refractivity (Wildman–Crippen MR) is 50.2 cm³/mol. The Bertz CT molecular complexity index is 115. The van der Waals surface area contributed by atoms with Gasteiger partial charge in [-0.25, -0.2) is 0 Å². The summed E-state index contributed by atoms with van der Waals surface area (Å²) >= 11 is 0. The van der Waals surface area contributed by atoms with E-state index in [1.165, 1.54) is 0 Å². The average Bonchev–Trinajstić information content (AvgIpc) is 2.05. The van der Waals surface area contributed by atoms with Crippen molar-refractivity contribution in [3.8, 4) is 0 Å². The number of methoxy groups -OCH3 is 1. The quantitative estimate of drug-likeness (QED) is 0.616. The SMILES string of the molecule is CCC(C)(N)C(C)OCCOC. The third-order valence-electron chi connectivity index (χ3n) is 2.35. The Hall–Kier alpha value is -0.120. The molecule has 0 saturated heterocycles. The molecule has 0 rings (SSSR count). The molecule has 0 spiro atoms. The summed E-state index contributed by atoms with van der Waals surface area (Å²) in [5.74, 6) is 0. The summed E-state index contributed by atoms with van der Waals surface area (Å²) < 4.78 is 10.4. The van der Waals surface area contributed by atoms with Crippen LogP contribution in [0.1, 0.15) is 27.2 Å². The first-order chi connectivity index (χ1) is 5.54. The highest BCUT2D eigenvalue weighted by atomic mass is 16.5. The van der Waals surface area contributed by atoms with Crippen molar-refractivity contribution in [1.82, 2.24) is 0 Å². The van der Waals surface area contributed by atoms with Gasteiger partial charge in [-0.1, -0.05) is 6.92 Å². The molecule has 0 aliphatic heterocycles. The smallest absolute Gasteiger partial charge is 0.0724 e. The highest BCUT2D eigenvalue weighted by Crippen LogP contribution is 2.13. The maximum absolute atomic E-state index is 5.98. The molecule has 0 aliphatic carbocycles. The number of ether oxygens (including phenoxy) is 2. The van der Waals surface area contributed by atoms with Crippen LogP contribution in [0, 0.1) is 0 Å². The van der Waals surface area contributed by atoms with Gasteiger partial charge in [0.1, 0.15) is 0 Å². The molecule has 2 N–H and O–H groups in total. The number of nitrogens with two attached hydrogens (primary N) is 1. The first-order valence-electron chi connectivity index (χ1n) is 4.44. The second-order valence-corrected chi connectivity index (χ2v) is 3.37. The van der Waals surface area contributed by atoms with Crippen LogP contribution in [0.2, 0.25) is 0 Å². The fraction of sp³-hybridized carbons (Fsp3) is 1.00. The van der Waals surface area contributed by atoms with Crippen molar-refractivity contribution < 1.29 is 9.47 Å². The second kappa shape index (κ2) is 5.51. The van der Waals surface area contributed by atoms with Crippen LogP contribution < -0.4 is 5.73 Å². The fourth-order valence-corrected chi connectivity index (χ4v) is 0.786. The van der Waals surface area contributed by atoms with E-state index in [0.717, 1.165) is 6.42 Å². The molecule has 0 aromatic rings. The largest absolute Gasteiger partial charge is 0.382 e. The summed E-state index contributed by atoms with van der Waals surface area (Å²) in [4.78, 5) is 0. The van der Waals surface area contributed by atoms with Gasteiger partial charge >= 0.3 is 0 Å². The Balaban J connectivity index is 3.63. The van der Waals surface area contributed by atoms with Crippen molar-refractivity contribution in [2.45, 2.75) is 38.8 Å². The van der Waals surface area contributed by atoms with Gasteiger partial charge in [0.25, 0.3) is 0 Å². The van der Waals surface area contributed by atoms with Crippen LogP contribution in [0.5, 0.6) is 0 Å². The minimum Gasteiger partial charge on any atom is -0.382 e. The third-order valence-corrected chi connectivity index (χ3v) is 2.35. The number of hydrogen-bond donors (Lipinski definition) is 1. The van der Waals surface area contributed by atoms with Gasteiger partial charge in [0.05, 0.1) is 19.3 Å². The van der Waals surface area contributed by atoms with E-state index in [0.29, 0.717) is 13.2 Å².